The highest BCUT2D eigenvalue weighted by atomic mass is 16.6. The van der Waals surface area contributed by atoms with Crippen LogP contribution >= 0.6 is 0 Å². The first-order valence-electron chi connectivity index (χ1n) is 10.7. The van der Waals surface area contributed by atoms with Gasteiger partial charge in [-0.25, -0.2) is 9.59 Å². The summed E-state index contributed by atoms with van der Waals surface area (Å²) in [6, 6.07) is 15.1. The average molecular weight is 439 g/mol. The second kappa shape index (κ2) is 9.85. The van der Waals surface area contributed by atoms with Crippen LogP contribution in [0.3, 0.4) is 0 Å². The summed E-state index contributed by atoms with van der Waals surface area (Å²) >= 11 is 0. The van der Waals surface area contributed by atoms with E-state index >= 15 is 0 Å². The standard InChI is InChI=1S/C25H30N2O5/c1-25(2,3)32-24(30)27-21(13-14-22(28)26-4)23(29)31-15-20-18-11-7-5-9-16(18)17-10-6-8-12-19(17)20/h5-12,20-21H,13-15H2,1-4H3,(H,26,28)(H,27,30)/t21-/m0/s1. The molecule has 0 unspecified atom stereocenters. The first-order valence-corrected chi connectivity index (χ1v) is 10.7. The van der Waals surface area contributed by atoms with Crippen LogP contribution in [0.4, 0.5) is 4.79 Å². The van der Waals surface area contributed by atoms with E-state index in [9.17, 15) is 14.4 Å². The van der Waals surface area contributed by atoms with Gasteiger partial charge in [0.2, 0.25) is 5.91 Å². The molecule has 0 saturated carbocycles. The van der Waals surface area contributed by atoms with Crippen molar-refractivity contribution in [2.45, 2.75) is 51.2 Å². The summed E-state index contributed by atoms with van der Waals surface area (Å²) in [5.74, 6) is -0.915. The maximum Gasteiger partial charge on any atom is 0.408 e. The van der Waals surface area contributed by atoms with Gasteiger partial charge in [0.15, 0.2) is 0 Å². The van der Waals surface area contributed by atoms with Crippen LogP contribution in [0, 0.1) is 0 Å². The van der Waals surface area contributed by atoms with Crippen molar-refractivity contribution in [1.29, 1.82) is 0 Å². The van der Waals surface area contributed by atoms with E-state index in [0.29, 0.717) is 0 Å². The van der Waals surface area contributed by atoms with Gasteiger partial charge in [0, 0.05) is 19.4 Å². The minimum atomic E-state index is -0.992. The summed E-state index contributed by atoms with van der Waals surface area (Å²) in [6.07, 6.45) is -0.551. The second-order valence-electron chi connectivity index (χ2n) is 8.77. The minimum absolute atomic E-state index is 0.0706. The summed E-state index contributed by atoms with van der Waals surface area (Å²) in [6.45, 7) is 5.34. The number of esters is 1. The monoisotopic (exact) mass is 438 g/mol. The van der Waals surface area contributed by atoms with Crippen molar-refractivity contribution in [3.05, 3.63) is 59.7 Å². The second-order valence-corrected chi connectivity index (χ2v) is 8.77. The van der Waals surface area contributed by atoms with Crippen LogP contribution in [0.1, 0.15) is 50.7 Å². The average Bonchev–Trinajstić information content (AvgIpc) is 3.07. The van der Waals surface area contributed by atoms with Crippen molar-refractivity contribution in [3.63, 3.8) is 0 Å². The Kier molecular flexibility index (Phi) is 7.18. The van der Waals surface area contributed by atoms with Gasteiger partial charge in [-0.05, 0) is 49.4 Å². The molecule has 0 aliphatic heterocycles. The zero-order chi connectivity index (χ0) is 23.3. The lowest BCUT2D eigenvalue weighted by atomic mass is 9.98. The van der Waals surface area contributed by atoms with Crippen LogP contribution in [0.5, 0.6) is 0 Å². The van der Waals surface area contributed by atoms with E-state index in [-0.39, 0.29) is 31.3 Å². The van der Waals surface area contributed by atoms with Gasteiger partial charge in [-0.3, -0.25) is 4.79 Å². The molecule has 0 bridgehead atoms. The molecule has 7 heteroatoms. The number of alkyl carbamates (subject to hydrolysis) is 1. The van der Waals surface area contributed by atoms with Crippen molar-refractivity contribution in [2.75, 3.05) is 13.7 Å². The van der Waals surface area contributed by atoms with Gasteiger partial charge in [0.25, 0.3) is 0 Å². The Morgan fingerprint density at radius 3 is 2.06 bits per heavy atom. The topological polar surface area (TPSA) is 93.7 Å². The van der Waals surface area contributed by atoms with Crippen molar-refractivity contribution in [3.8, 4) is 11.1 Å². The molecule has 0 heterocycles. The van der Waals surface area contributed by atoms with Crippen molar-refractivity contribution >= 4 is 18.0 Å². The van der Waals surface area contributed by atoms with Crippen molar-refractivity contribution in [1.82, 2.24) is 10.6 Å². The fourth-order valence-electron chi connectivity index (χ4n) is 3.80. The fraction of sp³-hybridized carbons (Fsp3) is 0.400. The van der Waals surface area contributed by atoms with E-state index in [4.69, 9.17) is 9.47 Å². The first-order chi connectivity index (χ1) is 15.2. The van der Waals surface area contributed by atoms with Crippen LogP contribution in [-0.4, -0.2) is 43.3 Å². The number of nitrogens with one attached hydrogen (secondary N) is 2. The molecule has 2 aromatic rings. The van der Waals surface area contributed by atoms with Gasteiger partial charge in [0.1, 0.15) is 18.2 Å². The Balaban J connectivity index is 1.71. The molecule has 1 atom stereocenters. The number of rotatable bonds is 7. The minimum Gasteiger partial charge on any atom is -0.463 e. The summed E-state index contributed by atoms with van der Waals surface area (Å²) in [5.41, 5.74) is 3.75. The van der Waals surface area contributed by atoms with E-state index in [1.54, 1.807) is 20.8 Å². The highest BCUT2D eigenvalue weighted by molar-refractivity contribution is 5.83. The Morgan fingerprint density at radius 1 is 0.969 bits per heavy atom. The highest BCUT2D eigenvalue weighted by Crippen LogP contribution is 2.44. The maximum atomic E-state index is 12.9. The zero-order valence-corrected chi connectivity index (χ0v) is 18.9. The summed E-state index contributed by atoms with van der Waals surface area (Å²) < 4.78 is 10.9. The molecule has 2 N–H and O–H groups in total. The zero-order valence-electron chi connectivity index (χ0n) is 18.9. The van der Waals surface area contributed by atoms with Crippen molar-refractivity contribution in [2.24, 2.45) is 0 Å². The number of fused-ring (bicyclic) bond motifs is 3. The van der Waals surface area contributed by atoms with E-state index < -0.39 is 23.7 Å². The molecule has 0 fully saturated rings. The summed E-state index contributed by atoms with van der Waals surface area (Å²) in [7, 11) is 1.52. The van der Waals surface area contributed by atoms with Gasteiger partial charge in [0.05, 0.1) is 0 Å². The number of ether oxygens (including phenoxy) is 2. The fourth-order valence-corrected chi connectivity index (χ4v) is 3.80. The normalized spacial score (nSPS) is 13.5. The molecule has 0 saturated heterocycles. The third kappa shape index (κ3) is 5.66. The van der Waals surface area contributed by atoms with Crippen LogP contribution in [0.25, 0.3) is 11.1 Å². The SMILES string of the molecule is CNC(=O)CC[C@H](NC(=O)OC(C)(C)C)C(=O)OCC1c2ccccc2-c2ccccc21. The van der Waals surface area contributed by atoms with Gasteiger partial charge in [-0.2, -0.15) is 0 Å². The third-order valence-corrected chi connectivity index (χ3v) is 5.27. The molecule has 1 aliphatic carbocycles. The van der Waals surface area contributed by atoms with Gasteiger partial charge < -0.3 is 20.1 Å². The molecule has 32 heavy (non-hydrogen) atoms. The highest BCUT2D eigenvalue weighted by Gasteiger charge is 2.31. The number of hydrogen-bond acceptors (Lipinski definition) is 5. The quantitative estimate of drug-likeness (QED) is 0.642. The van der Waals surface area contributed by atoms with Gasteiger partial charge >= 0.3 is 12.1 Å². The lowest BCUT2D eigenvalue weighted by Gasteiger charge is -2.23. The van der Waals surface area contributed by atoms with E-state index in [1.807, 2.05) is 36.4 Å². The van der Waals surface area contributed by atoms with Crippen LogP contribution in [-0.2, 0) is 19.1 Å². The van der Waals surface area contributed by atoms with E-state index in [1.165, 1.54) is 7.05 Å². The Morgan fingerprint density at radius 2 is 1.53 bits per heavy atom. The van der Waals surface area contributed by atoms with Crippen molar-refractivity contribution < 1.29 is 23.9 Å². The molecule has 0 spiro atoms. The van der Waals surface area contributed by atoms with Crippen LogP contribution in [0.2, 0.25) is 0 Å². The predicted octanol–water partition coefficient (Wildman–Crippen LogP) is 3.76. The number of carbonyl (C=O) groups is 3. The largest absolute Gasteiger partial charge is 0.463 e. The molecule has 7 nitrogen and oxygen atoms in total. The number of hydrogen-bond donors (Lipinski definition) is 2. The molecule has 0 radical (unpaired) electrons. The molecular formula is C25H30N2O5. The Bertz CT molecular complexity index is 950. The number of amides is 2. The predicted molar refractivity (Wildman–Crippen MR) is 121 cm³/mol. The van der Waals surface area contributed by atoms with E-state index in [0.717, 1.165) is 22.3 Å². The van der Waals surface area contributed by atoms with Crippen LogP contribution in [0.15, 0.2) is 48.5 Å². The summed E-state index contributed by atoms with van der Waals surface area (Å²) in [4.78, 5) is 36.8. The molecule has 1 aliphatic rings. The Labute approximate surface area is 188 Å². The molecule has 0 aromatic heterocycles. The van der Waals surface area contributed by atoms with Gasteiger partial charge in [-0.1, -0.05) is 48.5 Å². The molecule has 3 rings (SSSR count). The lowest BCUT2D eigenvalue weighted by Crippen LogP contribution is -2.45. The van der Waals surface area contributed by atoms with E-state index in [2.05, 4.69) is 22.8 Å². The maximum absolute atomic E-state index is 12.9. The first kappa shape index (κ1) is 23.3. The molecular weight excluding hydrogens is 408 g/mol. The number of benzene rings is 2. The molecule has 170 valence electrons. The van der Waals surface area contributed by atoms with Gasteiger partial charge in [-0.15, -0.1) is 0 Å². The lowest BCUT2D eigenvalue weighted by molar-refractivity contribution is -0.146. The molecule has 2 amide bonds. The Hall–Kier alpha value is -3.35. The van der Waals surface area contributed by atoms with Crippen LogP contribution < -0.4 is 10.6 Å². The summed E-state index contributed by atoms with van der Waals surface area (Å²) in [5, 5.41) is 5.07. The molecule has 2 aromatic carbocycles. The smallest absolute Gasteiger partial charge is 0.408 e. The number of carbonyl (C=O) groups excluding carboxylic acids is 3. The third-order valence-electron chi connectivity index (χ3n) is 5.27.